The molecular weight excluding hydrogens is 271 g/mol. The van der Waals surface area contributed by atoms with Gasteiger partial charge in [-0.25, -0.2) is 9.18 Å². The average Bonchev–Trinajstić information content (AvgIpc) is 2.85. The maximum absolute atomic E-state index is 13.0. The third-order valence-electron chi connectivity index (χ3n) is 2.34. The highest BCUT2D eigenvalue weighted by Crippen LogP contribution is 2.15. The van der Waals surface area contributed by atoms with Crippen molar-refractivity contribution in [2.24, 2.45) is 0 Å². The summed E-state index contributed by atoms with van der Waals surface area (Å²) in [5, 5.41) is 1.98. The molecule has 1 aromatic carbocycles. The van der Waals surface area contributed by atoms with Gasteiger partial charge in [0.05, 0.1) is 12.2 Å². The lowest BCUT2D eigenvalue weighted by atomic mass is 10.2. The molecule has 1 aromatic heterocycles. The summed E-state index contributed by atoms with van der Waals surface area (Å²) in [5.74, 6) is -0.907. The third kappa shape index (κ3) is 3.34. The molecule has 5 heteroatoms. The number of hydrogen-bond acceptors (Lipinski definition) is 4. The summed E-state index contributed by atoms with van der Waals surface area (Å²) in [6.45, 7) is 0.318. The van der Waals surface area contributed by atoms with Crippen LogP contribution >= 0.6 is 24.0 Å². The summed E-state index contributed by atoms with van der Waals surface area (Å²) < 4.78 is 18.1. The zero-order valence-corrected chi connectivity index (χ0v) is 11.1. The van der Waals surface area contributed by atoms with Crippen LogP contribution in [0.3, 0.4) is 0 Å². The minimum absolute atomic E-state index is 0.141. The predicted octanol–water partition coefficient (Wildman–Crippen LogP) is 3.58. The summed E-state index contributed by atoms with van der Waals surface area (Å²) >= 11 is 5.54. The van der Waals surface area contributed by atoms with Crippen molar-refractivity contribution in [2.75, 3.05) is 6.61 Å². The number of hydrogen-bond donors (Lipinski definition) is 1. The van der Waals surface area contributed by atoms with Crippen molar-refractivity contribution in [2.45, 2.75) is 11.3 Å². The Kier molecular flexibility index (Phi) is 4.38. The second-order valence-electron chi connectivity index (χ2n) is 3.63. The SMILES string of the molecule is O=C(OCCc1cccs1)c1ccc(F)c(S)c1. The number of benzene rings is 1. The molecule has 0 atom stereocenters. The minimum atomic E-state index is -0.457. The van der Waals surface area contributed by atoms with Crippen LogP contribution in [0.1, 0.15) is 15.2 Å². The standard InChI is InChI=1S/C13H11FO2S2/c14-11-4-3-9(8-12(11)17)13(15)16-6-5-10-2-1-7-18-10/h1-4,7-8,17H,5-6H2. The van der Waals surface area contributed by atoms with E-state index in [2.05, 4.69) is 12.6 Å². The Morgan fingerprint density at radius 2 is 2.22 bits per heavy atom. The first kappa shape index (κ1) is 13.1. The summed E-state index contributed by atoms with van der Waals surface area (Å²) in [6, 6.07) is 7.91. The molecule has 0 aliphatic carbocycles. The van der Waals surface area contributed by atoms with Crippen LogP contribution in [-0.4, -0.2) is 12.6 Å². The van der Waals surface area contributed by atoms with E-state index in [1.54, 1.807) is 11.3 Å². The van der Waals surface area contributed by atoms with Crippen molar-refractivity contribution in [1.29, 1.82) is 0 Å². The van der Waals surface area contributed by atoms with E-state index in [0.29, 0.717) is 18.6 Å². The Hall–Kier alpha value is -1.33. The highest BCUT2D eigenvalue weighted by atomic mass is 32.1. The molecule has 2 rings (SSSR count). The summed E-state index contributed by atoms with van der Waals surface area (Å²) in [7, 11) is 0. The fraction of sp³-hybridized carbons (Fsp3) is 0.154. The van der Waals surface area contributed by atoms with E-state index in [1.165, 1.54) is 18.2 Å². The van der Waals surface area contributed by atoms with E-state index in [1.807, 2.05) is 17.5 Å². The second-order valence-corrected chi connectivity index (χ2v) is 5.15. The number of halogens is 1. The predicted molar refractivity (Wildman–Crippen MR) is 72.0 cm³/mol. The third-order valence-corrected chi connectivity index (χ3v) is 3.62. The Labute approximate surface area is 114 Å². The summed E-state index contributed by atoms with van der Waals surface area (Å²) in [6.07, 6.45) is 0.693. The van der Waals surface area contributed by atoms with E-state index >= 15 is 0 Å². The van der Waals surface area contributed by atoms with Crippen LogP contribution in [0.5, 0.6) is 0 Å². The number of thiophene rings is 1. The molecule has 1 heterocycles. The molecule has 0 bridgehead atoms. The number of thiol groups is 1. The van der Waals surface area contributed by atoms with Crippen molar-refractivity contribution in [3.63, 3.8) is 0 Å². The molecule has 2 nitrogen and oxygen atoms in total. The number of carbonyl (C=O) groups excluding carboxylic acids is 1. The fourth-order valence-electron chi connectivity index (χ4n) is 1.42. The van der Waals surface area contributed by atoms with Crippen molar-refractivity contribution in [1.82, 2.24) is 0 Å². The second kappa shape index (κ2) is 6.02. The normalized spacial score (nSPS) is 10.3. The van der Waals surface area contributed by atoms with Gasteiger partial charge in [-0.1, -0.05) is 6.07 Å². The van der Waals surface area contributed by atoms with Gasteiger partial charge >= 0.3 is 5.97 Å². The van der Waals surface area contributed by atoms with Gasteiger partial charge in [0.25, 0.3) is 0 Å². The van der Waals surface area contributed by atoms with Gasteiger partial charge in [-0.2, -0.15) is 0 Å². The van der Waals surface area contributed by atoms with Gasteiger partial charge in [-0.15, -0.1) is 24.0 Å². The van der Waals surface area contributed by atoms with Crippen LogP contribution in [0.4, 0.5) is 4.39 Å². The zero-order chi connectivity index (χ0) is 13.0. The van der Waals surface area contributed by atoms with Crippen molar-refractivity contribution >= 4 is 29.9 Å². The molecule has 0 N–H and O–H groups in total. The molecule has 2 aromatic rings. The molecule has 0 aliphatic heterocycles. The fourth-order valence-corrected chi connectivity index (χ4v) is 2.33. The molecular formula is C13H11FO2S2. The van der Waals surface area contributed by atoms with Crippen LogP contribution in [-0.2, 0) is 11.2 Å². The first-order valence-electron chi connectivity index (χ1n) is 5.35. The topological polar surface area (TPSA) is 26.3 Å². The Morgan fingerprint density at radius 1 is 1.39 bits per heavy atom. The first-order chi connectivity index (χ1) is 8.66. The molecule has 18 heavy (non-hydrogen) atoms. The monoisotopic (exact) mass is 282 g/mol. The van der Waals surface area contributed by atoms with E-state index in [9.17, 15) is 9.18 Å². The molecule has 0 amide bonds. The highest BCUT2D eigenvalue weighted by Gasteiger charge is 2.09. The molecule has 94 valence electrons. The Morgan fingerprint density at radius 3 is 2.89 bits per heavy atom. The Balaban J connectivity index is 1.89. The largest absolute Gasteiger partial charge is 0.462 e. The lowest BCUT2D eigenvalue weighted by Crippen LogP contribution is -2.08. The van der Waals surface area contributed by atoms with Gasteiger partial charge in [0.15, 0.2) is 0 Å². The lowest BCUT2D eigenvalue weighted by Gasteiger charge is -2.04. The van der Waals surface area contributed by atoms with Crippen LogP contribution < -0.4 is 0 Å². The molecule has 0 saturated carbocycles. The van der Waals surface area contributed by atoms with Crippen LogP contribution in [0.2, 0.25) is 0 Å². The van der Waals surface area contributed by atoms with E-state index < -0.39 is 11.8 Å². The quantitative estimate of drug-likeness (QED) is 0.685. The maximum atomic E-state index is 13.0. The highest BCUT2D eigenvalue weighted by molar-refractivity contribution is 7.80. The zero-order valence-electron chi connectivity index (χ0n) is 9.43. The number of ether oxygens (including phenoxy) is 1. The first-order valence-corrected chi connectivity index (χ1v) is 6.67. The van der Waals surface area contributed by atoms with E-state index in [-0.39, 0.29) is 4.90 Å². The molecule has 0 aliphatic rings. The van der Waals surface area contributed by atoms with E-state index in [0.717, 1.165) is 4.88 Å². The van der Waals surface area contributed by atoms with Gasteiger partial charge in [0.2, 0.25) is 0 Å². The number of carbonyl (C=O) groups is 1. The van der Waals surface area contributed by atoms with Crippen molar-refractivity contribution in [3.8, 4) is 0 Å². The van der Waals surface area contributed by atoms with E-state index in [4.69, 9.17) is 4.74 Å². The van der Waals surface area contributed by atoms with Gasteiger partial charge in [-0.3, -0.25) is 0 Å². The molecule has 0 radical (unpaired) electrons. The molecule has 0 fully saturated rings. The smallest absolute Gasteiger partial charge is 0.338 e. The molecule has 0 saturated heterocycles. The molecule has 0 unspecified atom stereocenters. The average molecular weight is 282 g/mol. The van der Waals surface area contributed by atoms with Gasteiger partial charge in [0, 0.05) is 16.2 Å². The number of esters is 1. The van der Waals surface area contributed by atoms with Crippen LogP contribution in [0.25, 0.3) is 0 Å². The maximum Gasteiger partial charge on any atom is 0.338 e. The number of rotatable bonds is 4. The van der Waals surface area contributed by atoms with Gasteiger partial charge in [0.1, 0.15) is 5.82 Å². The summed E-state index contributed by atoms with van der Waals surface area (Å²) in [4.78, 5) is 13.0. The Bertz CT molecular complexity index is 538. The van der Waals surface area contributed by atoms with Gasteiger partial charge in [-0.05, 0) is 29.6 Å². The minimum Gasteiger partial charge on any atom is -0.462 e. The van der Waals surface area contributed by atoms with Crippen molar-refractivity contribution < 1.29 is 13.9 Å². The van der Waals surface area contributed by atoms with Crippen LogP contribution in [0.15, 0.2) is 40.6 Å². The van der Waals surface area contributed by atoms with Crippen molar-refractivity contribution in [3.05, 3.63) is 52.0 Å². The summed E-state index contributed by atoms with van der Waals surface area (Å²) in [5.41, 5.74) is 0.313. The van der Waals surface area contributed by atoms with Crippen LogP contribution in [0, 0.1) is 5.82 Å². The molecule has 0 spiro atoms. The lowest BCUT2D eigenvalue weighted by molar-refractivity contribution is 0.0509. The van der Waals surface area contributed by atoms with Gasteiger partial charge < -0.3 is 4.74 Å².